The van der Waals surface area contributed by atoms with Crippen LogP contribution in [0.15, 0.2) is 36.5 Å². The molecule has 2 fully saturated rings. The lowest BCUT2D eigenvalue weighted by Crippen LogP contribution is -2.48. The van der Waals surface area contributed by atoms with Gasteiger partial charge in [-0.1, -0.05) is 18.2 Å². The van der Waals surface area contributed by atoms with Crippen LogP contribution in [-0.2, 0) is 0 Å². The first kappa shape index (κ1) is 16.0. The van der Waals surface area contributed by atoms with Crippen molar-refractivity contribution in [3.63, 3.8) is 0 Å². The van der Waals surface area contributed by atoms with Gasteiger partial charge in [0.2, 0.25) is 0 Å². The topological polar surface area (TPSA) is 59.0 Å². The van der Waals surface area contributed by atoms with Crippen molar-refractivity contribution in [2.45, 2.75) is 18.8 Å². The van der Waals surface area contributed by atoms with E-state index >= 15 is 0 Å². The highest BCUT2D eigenvalue weighted by atomic mass is 35.5. The summed E-state index contributed by atoms with van der Waals surface area (Å²) in [5, 5.41) is 10.8. The van der Waals surface area contributed by atoms with Gasteiger partial charge in [-0.05, 0) is 25.0 Å². The Kier molecular flexibility index (Phi) is 4.68. The highest BCUT2D eigenvalue weighted by Gasteiger charge is 2.33. The molecule has 0 atom stereocenters. The van der Waals surface area contributed by atoms with Crippen molar-refractivity contribution in [3.8, 4) is 5.69 Å². The SMILES string of the molecule is Cl.O=C(NCC1CNC1)c1cnn(-c2ccccc2)c1C1CC1. The Hall–Kier alpha value is -1.85. The lowest BCUT2D eigenvalue weighted by atomic mass is 10.0. The minimum Gasteiger partial charge on any atom is -0.352 e. The fraction of sp³-hybridized carbons (Fsp3) is 0.412. The molecule has 1 saturated heterocycles. The average Bonchev–Trinajstić information content (AvgIpc) is 3.24. The first-order valence-corrected chi connectivity index (χ1v) is 7.95. The van der Waals surface area contributed by atoms with Crippen LogP contribution in [0.25, 0.3) is 5.69 Å². The normalized spacial score (nSPS) is 17.2. The molecule has 122 valence electrons. The molecule has 1 aromatic heterocycles. The van der Waals surface area contributed by atoms with Gasteiger partial charge in [0.15, 0.2) is 0 Å². The molecule has 1 saturated carbocycles. The van der Waals surface area contributed by atoms with E-state index in [1.165, 1.54) is 0 Å². The first-order chi connectivity index (χ1) is 10.8. The van der Waals surface area contributed by atoms with Gasteiger partial charge < -0.3 is 10.6 Å². The third-order valence-electron chi connectivity index (χ3n) is 4.43. The van der Waals surface area contributed by atoms with Gasteiger partial charge in [-0.2, -0.15) is 5.10 Å². The minimum atomic E-state index is 0. The van der Waals surface area contributed by atoms with Crippen LogP contribution in [0.5, 0.6) is 0 Å². The zero-order chi connectivity index (χ0) is 14.9. The van der Waals surface area contributed by atoms with Gasteiger partial charge >= 0.3 is 0 Å². The lowest BCUT2D eigenvalue weighted by Gasteiger charge is -2.27. The molecule has 1 aromatic carbocycles. The van der Waals surface area contributed by atoms with Crippen molar-refractivity contribution in [1.29, 1.82) is 0 Å². The van der Waals surface area contributed by atoms with E-state index in [1.54, 1.807) is 6.20 Å². The number of rotatable bonds is 5. The monoisotopic (exact) mass is 332 g/mol. The molecule has 0 radical (unpaired) electrons. The Balaban J connectivity index is 0.00000156. The summed E-state index contributed by atoms with van der Waals surface area (Å²) >= 11 is 0. The Labute approximate surface area is 141 Å². The van der Waals surface area contributed by atoms with E-state index in [0.29, 0.717) is 11.8 Å². The van der Waals surface area contributed by atoms with Gasteiger partial charge in [-0.3, -0.25) is 4.79 Å². The fourth-order valence-corrected chi connectivity index (χ4v) is 2.88. The number of nitrogens with one attached hydrogen (secondary N) is 2. The Morgan fingerprint density at radius 2 is 2.00 bits per heavy atom. The molecule has 1 aliphatic carbocycles. The van der Waals surface area contributed by atoms with Crippen LogP contribution in [0.1, 0.15) is 34.8 Å². The zero-order valence-corrected chi connectivity index (χ0v) is 13.7. The van der Waals surface area contributed by atoms with Gasteiger partial charge in [0.1, 0.15) is 0 Å². The number of nitrogens with zero attached hydrogens (tertiary/aromatic N) is 2. The predicted molar refractivity (Wildman–Crippen MR) is 91.5 cm³/mol. The lowest BCUT2D eigenvalue weighted by molar-refractivity contribution is 0.0941. The Morgan fingerprint density at radius 1 is 1.26 bits per heavy atom. The number of benzene rings is 1. The third-order valence-corrected chi connectivity index (χ3v) is 4.43. The van der Waals surface area contributed by atoms with E-state index in [0.717, 1.165) is 49.4 Å². The number of carbonyl (C=O) groups is 1. The molecule has 2 heterocycles. The van der Waals surface area contributed by atoms with Gasteiger partial charge in [-0.25, -0.2) is 4.68 Å². The molecule has 1 amide bonds. The number of carbonyl (C=O) groups excluding carboxylic acids is 1. The van der Waals surface area contributed by atoms with E-state index in [9.17, 15) is 4.79 Å². The zero-order valence-electron chi connectivity index (χ0n) is 12.9. The summed E-state index contributed by atoms with van der Waals surface area (Å²) in [6.07, 6.45) is 4.01. The quantitative estimate of drug-likeness (QED) is 0.881. The van der Waals surface area contributed by atoms with Crippen molar-refractivity contribution in [3.05, 3.63) is 47.8 Å². The van der Waals surface area contributed by atoms with Crippen molar-refractivity contribution >= 4 is 18.3 Å². The summed E-state index contributed by atoms with van der Waals surface area (Å²) in [6.45, 7) is 2.74. The summed E-state index contributed by atoms with van der Waals surface area (Å²) < 4.78 is 1.93. The highest BCUT2D eigenvalue weighted by Crippen LogP contribution is 2.42. The number of para-hydroxylation sites is 1. The maximum Gasteiger partial charge on any atom is 0.254 e. The molecule has 1 aliphatic heterocycles. The second-order valence-electron chi connectivity index (χ2n) is 6.20. The van der Waals surface area contributed by atoms with Gasteiger partial charge in [-0.15, -0.1) is 12.4 Å². The molecule has 2 aromatic rings. The second kappa shape index (κ2) is 6.72. The number of hydrogen-bond acceptors (Lipinski definition) is 3. The van der Waals surface area contributed by atoms with Crippen molar-refractivity contribution in [2.24, 2.45) is 5.92 Å². The summed E-state index contributed by atoms with van der Waals surface area (Å²) in [4.78, 5) is 12.5. The van der Waals surface area contributed by atoms with E-state index < -0.39 is 0 Å². The maximum atomic E-state index is 12.5. The van der Waals surface area contributed by atoms with Crippen molar-refractivity contribution < 1.29 is 4.79 Å². The minimum absolute atomic E-state index is 0. The highest BCUT2D eigenvalue weighted by molar-refractivity contribution is 5.95. The molecule has 0 bridgehead atoms. The summed E-state index contributed by atoms with van der Waals surface area (Å²) in [5.41, 5.74) is 2.82. The van der Waals surface area contributed by atoms with E-state index in [-0.39, 0.29) is 18.3 Å². The Morgan fingerprint density at radius 3 is 2.61 bits per heavy atom. The van der Waals surface area contributed by atoms with Crippen molar-refractivity contribution in [2.75, 3.05) is 19.6 Å². The number of hydrogen-bond donors (Lipinski definition) is 2. The maximum absolute atomic E-state index is 12.5. The van der Waals surface area contributed by atoms with Crippen LogP contribution >= 0.6 is 12.4 Å². The average molecular weight is 333 g/mol. The van der Waals surface area contributed by atoms with Crippen LogP contribution in [-0.4, -0.2) is 35.3 Å². The molecule has 2 aliphatic rings. The Bertz CT molecular complexity index is 677. The van der Waals surface area contributed by atoms with Crippen LogP contribution in [0, 0.1) is 5.92 Å². The fourth-order valence-electron chi connectivity index (χ4n) is 2.88. The molecule has 5 nitrogen and oxygen atoms in total. The number of halogens is 1. The second-order valence-corrected chi connectivity index (χ2v) is 6.20. The van der Waals surface area contributed by atoms with Crippen LogP contribution in [0.4, 0.5) is 0 Å². The molecule has 4 rings (SSSR count). The van der Waals surface area contributed by atoms with Crippen LogP contribution < -0.4 is 10.6 Å². The molecular formula is C17H21ClN4O. The summed E-state index contributed by atoms with van der Waals surface area (Å²) in [5.74, 6) is 1.04. The van der Waals surface area contributed by atoms with E-state index in [1.807, 2.05) is 35.0 Å². The molecule has 2 N–H and O–H groups in total. The first-order valence-electron chi connectivity index (χ1n) is 7.95. The molecule has 0 spiro atoms. The smallest absolute Gasteiger partial charge is 0.254 e. The molecular weight excluding hydrogens is 312 g/mol. The van der Waals surface area contributed by atoms with Crippen molar-refractivity contribution in [1.82, 2.24) is 20.4 Å². The van der Waals surface area contributed by atoms with Gasteiger partial charge in [0.25, 0.3) is 5.91 Å². The van der Waals surface area contributed by atoms with E-state index in [4.69, 9.17) is 0 Å². The summed E-state index contributed by atoms with van der Waals surface area (Å²) in [6, 6.07) is 10.0. The van der Waals surface area contributed by atoms with E-state index in [2.05, 4.69) is 15.7 Å². The third kappa shape index (κ3) is 3.26. The summed E-state index contributed by atoms with van der Waals surface area (Å²) in [7, 11) is 0. The molecule has 23 heavy (non-hydrogen) atoms. The van der Waals surface area contributed by atoms with Crippen LogP contribution in [0.3, 0.4) is 0 Å². The largest absolute Gasteiger partial charge is 0.352 e. The predicted octanol–water partition coefficient (Wildman–Crippen LogP) is 2.12. The number of amides is 1. The number of aromatic nitrogens is 2. The molecule has 6 heteroatoms. The van der Waals surface area contributed by atoms with Gasteiger partial charge in [0.05, 0.1) is 23.1 Å². The van der Waals surface area contributed by atoms with Crippen LogP contribution in [0.2, 0.25) is 0 Å². The van der Waals surface area contributed by atoms with Gasteiger partial charge in [0, 0.05) is 31.5 Å². The molecule has 0 unspecified atom stereocenters. The standard InChI is InChI=1S/C17H20N4O.ClH/c22-17(19-10-12-8-18-9-12)15-11-20-21(16(15)13-6-7-13)14-4-2-1-3-5-14;/h1-5,11-13,18H,6-10H2,(H,19,22);1H.